The maximum absolute atomic E-state index is 12.0. The molecule has 0 bridgehead atoms. The maximum atomic E-state index is 12.0. The topological polar surface area (TPSA) is 94.2 Å². The van der Waals surface area contributed by atoms with E-state index in [9.17, 15) is 14.4 Å². The highest BCUT2D eigenvalue weighted by Gasteiger charge is 2.20. The molecule has 0 atom stereocenters. The first-order valence-corrected chi connectivity index (χ1v) is 7.39. The average molecular weight is 291 g/mol. The Bertz CT molecular complexity index is 592. The van der Waals surface area contributed by atoms with E-state index < -0.39 is 0 Å². The monoisotopic (exact) mass is 291 g/mol. The van der Waals surface area contributed by atoms with Crippen molar-refractivity contribution in [1.29, 1.82) is 0 Å². The number of ketones is 1. The van der Waals surface area contributed by atoms with E-state index in [1.54, 1.807) is 10.6 Å². The Hall–Kier alpha value is -1.95. The molecule has 0 saturated heterocycles. The highest BCUT2D eigenvalue weighted by molar-refractivity contribution is 5.97. The summed E-state index contributed by atoms with van der Waals surface area (Å²) in [6.07, 6.45) is 4.96. The third kappa shape index (κ3) is 3.78. The molecule has 0 radical (unpaired) electrons. The molecule has 114 valence electrons. The van der Waals surface area contributed by atoms with Gasteiger partial charge < -0.3 is 4.57 Å². The van der Waals surface area contributed by atoms with E-state index in [0.29, 0.717) is 24.9 Å². The summed E-state index contributed by atoms with van der Waals surface area (Å²) in [6.45, 7) is 0.597. The number of carbonyl (C=O) groups excluding carboxylic acids is 2. The van der Waals surface area contributed by atoms with Gasteiger partial charge in [0.15, 0.2) is 5.78 Å². The number of hydrogen-bond acceptors (Lipinski definition) is 4. The van der Waals surface area contributed by atoms with Gasteiger partial charge in [0.25, 0.3) is 5.56 Å². The third-order valence-corrected chi connectivity index (χ3v) is 3.86. The molecule has 1 aromatic rings. The van der Waals surface area contributed by atoms with Gasteiger partial charge in [-0.05, 0) is 31.7 Å². The molecule has 21 heavy (non-hydrogen) atoms. The Labute approximate surface area is 123 Å². The van der Waals surface area contributed by atoms with Crippen LogP contribution < -0.4 is 16.8 Å². The Balaban J connectivity index is 1.97. The quantitative estimate of drug-likeness (QED) is 0.353. The van der Waals surface area contributed by atoms with Crippen LogP contribution >= 0.6 is 0 Å². The average Bonchev–Trinajstić information content (AvgIpc) is 2.48. The number of pyridine rings is 1. The molecule has 0 aliphatic heterocycles. The zero-order chi connectivity index (χ0) is 15.2. The summed E-state index contributed by atoms with van der Waals surface area (Å²) in [5.41, 5.74) is 3.62. The van der Waals surface area contributed by atoms with Crippen molar-refractivity contribution in [1.82, 2.24) is 9.99 Å². The number of rotatable bonds is 6. The van der Waals surface area contributed by atoms with Gasteiger partial charge in [-0.3, -0.25) is 19.8 Å². The predicted octanol–water partition coefficient (Wildman–Crippen LogP) is 0.918. The fourth-order valence-electron chi connectivity index (χ4n) is 2.74. The zero-order valence-corrected chi connectivity index (χ0v) is 12.1. The molecule has 0 fully saturated rings. The van der Waals surface area contributed by atoms with Crippen molar-refractivity contribution in [3.63, 3.8) is 0 Å². The largest absolute Gasteiger partial charge is 0.312 e. The summed E-state index contributed by atoms with van der Waals surface area (Å²) >= 11 is 0. The van der Waals surface area contributed by atoms with Gasteiger partial charge in [-0.2, -0.15) is 0 Å². The van der Waals surface area contributed by atoms with Crippen LogP contribution in [0.4, 0.5) is 0 Å². The predicted molar refractivity (Wildman–Crippen MR) is 78.8 cm³/mol. The molecule has 0 aromatic carbocycles. The minimum absolute atomic E-state index is 0.0526. The fraction of sp³-hybridized carbons (Fsp3) is 0.533. The van der Waals surface area contributed by atoms with Gasteiger partial charge in [-0.15, -0.1) is 0 Å². The van der Waals surface area contributed by atoms with Crippen LogP contribution in [0.15, 0.2) is 16.9 Å². The molecule has 1 heterocycles. The number of nitrogens with zero attached hydrogens (tertiary/aromatic N) is 1. The summed E-state index contributed by atoms with van der Waals surface area (Å²) in [4.78, 5) is 34.8. The molecular weight excluding hydrogens is 270 g/mol. The highest BCUT2D eigenvalue weighted by atomic mass is 16.2. The number of carbonyl (C=O) groups is 2. The third-order valence-electron chi connectivity index (χ3n) is 3.86. The molecular formula is C15H21N3O3. The van der Waals surface area contributed by atoms with E-state index in [0.717, 1.165) is 37.8 Å². The Morgan fingerprint density at radius 3 is 2.76 bits per heavy atom. The number of aromatic nitrogens is 1. The minimum atomic E-state index is -0.171. The Kier molecular flexibility index (Phi) is 5.27. The van der Waals surface area contributed by atoms with E-state index in [2.05, 4.69) is 5.43 Å². The lowest BCUT2D eigenvalue weighted by molar-refractivity contribution is -0.121. The Morgan fingerprint density at radius 2 is 2.00 bits per heavy atom. The molecule has 1 amide bonds. The van der Waals surface area contributed by atoms with Gasteiger partial charge in [-0.25, -0.2) is 5.84 Å². The molecule has 0 spiro atoms. The number of unbranched alkanes of at least 4 members (excludes halogenated alkanes) is 2. The highest BCUT2D eigenvalue weighted by Crippen LogP contribution is 2.20. The normalized spacial score (nSPS) is 13.9. The molecule has 3 N–H and O–H groups in total. The van der Waals surface area contributed by atoms with E-state index in [1.807, 2.05) is 0 Å². The molecule has 6 nitrogen and oxygen atoms in total. The van der Waals surface area contributed by atoms with Crippen LogP contribution in [0.1, 0.15) is 54.6 Å². The first kappa shape index (κ1) is 15.4. The van der Waals surface area contributed by atoms with Crippen LogP contribution in [-0.4, -0.2) is 16.3 Å². The second-order valence-corrected chi connectivity index (χ2v) is 5.34. The minimum Gasteiger partial charge on any atom is -0.312 e. The van der Waals surface area contributed by atoms with Crippen molar-refractivity contribution < 1.29 is 9.59 Å². The van der Waals surface area contributed by atoms with Crippen molar-refractivity contribution in [2.75, 3.05) is 0 Å². The van der Waals surface area contributed by atoms with Crippen molar-refractivity contribution in [3.8, 4) is 0 Å². The van der Waals surface area contributed by atoms with E-state index in [4.69, 9.17) is 5.84 Å². The van der Waals surface area contributed by atoms with Crippen molar-refractivity contribution in [2.45, 2.75) is 51.5 Å². The van der Waals surface area contributed by atoms with Gasteiger partial charge in [0.05, 0.1) is 0 Å². The molecule has 1 aromatic heterocycles. The summed E-state index contributed by atoms with van der Waals surface area (Å²) in [5, 5.41) is 0. The fourth-order valence-corrected chi connectivity index (χ4v) is 2.74. The molecule has 1 aliphatic rings. The van der Waals surface area contributed by atoms with Gasteiger partial charge in [0, 0.05) is 36.7 Å². The molecule has 0 saturated carbocycles. The van der Waals surface area contributed by atoms with Crippen LogP contribution in [0.25, 0.3) is 0 Å². The lowest BCUT2D eigenvalue weighted by atomic mass is 9.94. The summed E-state index contributed by atoms with van der Waals surface area (Å²) in [5.74, 6) is 4.97. The van der Waals surface area contributed by atoms with Crippen LogP contribution in [0.2, 0.25) is 0 Å². The van der Waals surface area contributed by atoms with Crippen molar-refractivity contribution in [2.24, 2.45) is 5.84 Å². The van der Waals surface area contributed by atoms with Gasteiger partial charge in [-0.1, -0.05) is 6.42 Å². The Morgan fingerprint density at radius 1 is 1.19 bits per heavy atom. The molecule has 1 aliphatic carbocycles. The van der Waals surface area contributed by atoms with Crippen LogP contribution in [0, 0.1) is 0 Å². The lowest BCUT2D eigenvalue weighted by Gasteiger charge is -2.19. The first-order valence-electron chi connectivity index (χ1n) is 7.39. The zero-order valence-electron chi connectivity index (χ0n) is 12.1. The number of Topliss-reactive ketones (excluding diaryl/α,β-unsaturated/α-hetero) is 1. The summed E-state index contributed by atoms with van der Waals surface area (Å²) in [7, 11) is 0. The van der Waals surface area contributed by atoms with Gasteiger partial charge in [0.2, 0.25) is 5.91 Å². The van der Waals surface area contributed by atoms with Crippen molar-refractivity contribution in [3.05, 3.63) is 33.7 Å². The van der Waals surface area contributed by atoms with Crippen LogP contribution in [0.3, 0.4) is 0 Å². The number of nitrogens with one attached hydrogen (secondary N) is 1. The van der Waals surface area contributed by atoms with Gasteiger partial charge in [0.1, 0.15) is 0 Å². The summed E-state index contributed by atoms with van der Waals surface area (Å²) < 4.78 is 1.72. The molecule has 0 unspecified atom stereocenters. The molecule has 2 rings (SSSR count). The second kappa shape index (κ2) is 7.17. The second-order valence-electron chi connectivity index (χ2n) is 5.34. The number of hydrazine groups is 1. The standard InChI is InChI=1S/C15H21N3O3/c16-17-14(20)7-2-1-3-10-18-12-5-4-6-13(19)11(12)8-9-15(18)21/h8-9H,1-7,10,16H2,(H,17,20). The SMILES string of the molecule is NNC(=O)CCCCCn1c2c(ccc1=O)C(=O)CCC2. The number of amides is 1. The van der Waals surface area contributed by atoms with Crippen LogP contribution in [0.5, 0.6) is 0 Å². The maximum Gasteiger partial charge on any atom is 0.250 e. The van der Waals surface area contributed by atoms with Crippen molar-refractivity contribution >= 4 is 11.7 Å². The number of nitrogens with two attached hydrogens (primary N) is 1. The lowest BCUT2D eigenvalue weighted by Crippen LogP contribution is -2.29. The number of fused-ring (bicyclic) bond motifs is 1. The van der Waals surface area contributed by atoms with E-state index in [1.165, 1.54) is 6.07 Å². The summed E-state index contributed by atoms with van der Waals surface area (Å²) in [6, 6.07) is 3.13. The first-order chi connectivity index (χ1) is 10.1. The molecule has 6 heteroatoms. The van der Waals surface area contributed by atoms with Crippen LogP contribution in [-0.2, 0) is 17.8 Å². The number of hydrogen-bond donors (Lipinski definition) is 2. The van der Waals surface area contributed by atoms with Gasteiger partial charge >= 0.3 is 0 Å². The smallest absolute Gasteiger partial charge is 0.250 e. The van der Waals surface area contributed by atoms with E-state index >= 15 is 0 Å². The van der Waals surface area contributed by atoms with E-state index in [-0.39, 0.29) is 17.2 Å².